The maximum Gasteiger partial charge on any atom is 0.317 e. The molecule has 5 heteroatoms. The fourth-order valence-corrected chi connectivity index (χ4v) is 2.51. The molecule has 1 heterocycles. The van der Waals surface area contributed by atoms with Gasteiger partial charge in [-0.1, -0.05) is 23.7 Å². The number of nitrogens with one attached hydrogen (secondary N) is 1. The number of amides is 2. The van der Waals surface area contributed by atoms with E-state index in [1.807, 2.05) is 49.9 Å². The average Bonchev–Trinajstić information content (AvgIpc) is 2.37. The first-order valence-electron chi connectivity index (χ1n) is 6.93. The molecule has 1 fully saturated rings. The molecule has 1 N–H and O–H groups in total. The van der Waals surface area contributed by atoms with Crippen molar-refractivity contribution in [3.05, 3.63) is 29.3 Å². The number of rotatable bonds is 1. The second-order valence-corrected chi connectivity index (χ2v) is 6.51. The number of para-hydroxylation sites is 1. The van der Waals surface area contributed by atoms with Crippen LogP contribution < -0.4 is 10.2 Å². The van der Waals surface area contributed by atoms with Crippen LogP contribution in [0, 0.1) is 0 Å². The van der Waals surface area contributed by atoms with E-state index in [1.165, 1.54) is 0 Å². The Bertz CT molecular complexity index is 476. The van der Waals surface area contributed by atoms with Crippen LogP contribution in [0.2, 0.25) is 5.02 Å². The van der Waals surface area contributed by atoms with E-state index >= 15 is 0 Å². The zero-order chi connectivity index (χ0) is 14.8. The second kappa shape index (κ2) is 5.92. The molecule has 0 aromatic heterocycles. The highest BCUT2D eigenvalue weighted by molar-refractivity contribution is 6.33. The number of hydrogen-bond acceptors (Lipinski definition) is 2. The second-order valence-electron chi connectivity index (χ2n) is 6.11. The van der Waals surface area contributed by atoms with Gasteiger partial charge in [-0.05, 0) is 32.9 Å². The highest BCUT2D eigenvalue weighted by atomic mass is 35.5. The molecule has 1 aromatic carbocycles. The molecule has 0 spiro atoms. The van der Waals surface area contributed by atoms with E-state index in [1.54, 1.807) is 0 Å². The van der Waals surface area contributed by atoms with E-state index in [0.717, 1.165) is 23.8 Å². The van der Waals surface area contributed by atoms with Crippen LogP contribution in [-0.4, -0.2) is 42.6 Å². The number of hydrogen-bond donors (Lipinski definition) is 1. The van der Waals surface area contributed by atoms with Crippen molar-refractivity contribution in [3.63, 3.8) is 0 Å². The van der Waals surface area contributed by atoms with Gasteiger partial charge in [-0.15, -0.1) is 0 Å². The normalized spacial score (nSPS) is 16.2. The summed E-state index contributed by atoms with van der Waals surface area (Å²) < 4.78 is 0. The Morgan fingerprint density at radius 1 is 1.15 bits per heavy atom. The topological polar surface area (TPSA) is 35.6 Å². The summed E-state index contributed by atoms with van der Waals surface area (Å²) in [6.07, 6.45) is 0. The molecule has 1 aromatic rings. The third-order valence-corrected chi connectivity index (χ3v) is 3.56. The van der Waals surface area contributed by atoms with Gasteiger partial charge >= 0.3 is 6.03 Å². The van der Waals surface area contributed by atoms with Gasteiger partial charge in [-0.25, -0.2) is 4.79 Å². The first kappa shape index (κ1) is 15.0. The van der Waals surface area contributed by atoms with Crippen molar-refractivity contribution >= 4 is 23.3 Å². The van der Waals surface area contributed by atoms with E-state index < -0.39 is 0 Å². The number of carbonyl (C=O) groups is 1. The summed E-state index contributed by atoms with van der Waals surface area (Å²) in [5, 5.41) is 3.76. The van der Waals surface area contributed by atoms with Gasteiger partial charge in [0.2, 0.25) is 0 Å². The van der Waals surface area contributed by atoms with Crippen LogP contribution in [0.5, 0.6) is 0 Å². The molecule has 0 atom stereocenters. The van der Waals surface area contributed by atoms with Gasteiger partial charge in [0, 0.05) is 31.7 Å². The van der Waals surface area contributed by atoms with Crippen molar-refractivity contribution in [2.75, 3.05) is 31.1 Å². The van der Waals surface area contributed by atoms with Crippen molar-refractivity contribution in [2.24, 2.45) is 0 Å². The van der Waals surface area contributed by atoms with Gasteiger partial charge in [0.05, 0.1) is 10.7 Å². The monoisotopic (exact) mass is 295 g/mol. The highest BCUT2D eigenvalue weighted by Gasteiger charge is 2.24. The maximum atomic E-state index is 12.1. The summed E-state index contributed by atoms with van der Waals surface area (Å²) in [5.41, 5.74) is 0.849. The molecular formula is C15H22ClN3O. The molecule has 0 bridgehead atoms. The number of urea groups is 1. The van der Waals surface area contributed by atoms with Gasteiger partial charge in [0.25, 0.3) is 0 Å². The Balaban J connectivity index is 1.93. The summed E-state index contributed by atoms with van der Waals surface area (Å²) in [6.45, 7) is 9.02. The number of nitrogens with zero attached hydrogens (tertiary/aromatic N) is 2. The van der Waals surface area contributed by atoms with E-state index in [2.05, 4.69) is 10.2 Å². The molecule has 1 aliphatic heterocycles. The fourth-order valence-electron chi connectivity index (χ4n) is 2.26. The zero-order valence-electron chi connectivity index (χ0n) is 12.3. The third kappa shape index (κ3) is 3.79. The van der Waals surface area contributed by atoms with Gasteiger partial charge < -0.3 is 15.1 Å². The third-order valence-electron chi connectivity index (χ3n) is 3.24. The Morgan fingerprint density at radius 2 is 1.75 bits per heavy atom. The lowest BCUT2D eigenvalue weighted by Crippen LogP contribution is -2.55. The predicted molar refractivity (Wildman–Crippen MR) is 83.5 cm³/mol. The lowest BCUT2D eigenvalue weighted by molar-refractivity contribution is 0.185. The molecule has 2 rings (SSSR count). The van der Waals surface area contributed by atoms with Crippen molar-refractivity contribution < 1.29 is 4.79 Å². The van der Waals surface area contributed by atoms with Gasteiger partial charge in [0.15, 0.2) is 0 Å². The van der Waals surface area contributed by atoms with Gasteiger partial charge in [0.1, 0.15) is 0 Å². The van der Waals surface area contributed by atoms with E-state index in [-0.39, 0.29) is 11.6 Å². The lowest BCUT2D eigenvalue weighted by Gasteiger charge is -2.37. The summed E-state index contributed by atoms with van der Waals surface area (Å²) in [4.78, 5) is 16.2. The summed E-state index contributed by atoms with van der Waals surface area (Å²) in [5.74, 6) is 0. The standard InChI is InChI=1S/C15H22ClN3O/c1-15(2,3)17-14(20)19-10-8-18(9-11-19)13-7-5-4-6-12(13)16/h4-7H,8-11H2,1-3H3,(H,17,20). The molecule has 1 aliphatic rings. The van der Waals surface area contributed by atoms with Crippen molar-refractivity contribution in [2.45, 2.75) is 26.3 Å². The molecule has 0 saturated carbocycles. The van der Waals surface area contributed by atoms with Crippen LogP contribution >= 0.6 is 11.6 Å². The molecular weight excluding hydrogens is 274 g/mol. The quantitative estimate of drug-likeness (QED) is 0.864. The minimum Gasteiger partial charge on any atom is -0.367 e. The zero-order valence-corrected chi connectivity index (χ0v) is 13.1. The number of piperazine rings is 1. The molecule has 4 nitrogen and oxygen atoms in total. The van der Waals surface area contributed by atoms with Crippen molar-refractivity contribution in [3.8, 4) is 0 Å². The summed E-state index contributed by atoms with van der Waals surface area (Å²) in [6, 6.07) is 7.85. The molecule has 1 saturated heterocycles. The van der Waals surface area contributed by atoms with Gasteiger partial charge in [-0.2, -0.15) is 0 Å². The van der Waals surface area contributed by atoms with Crippen molar-refractivity contribution in [1.29, 1.82) is 0 Å². The Hall–Kier alpha value is -1.42. The fraction of sp³-hybridized carbons (Fsp3) is 0.533. The van der Waals surface area contributed by atoms with E-state index in [4.69, 9.17) is 11.6 Å². The minimum absolute atomic E-state index is 0.0105. The van der Waals surface area contributed by atoms with Crippen LogP contribution in [0.4, 0.5) is 10.5 Å². The molecule has 2 amide bonds. The van der Waals surface area contributed by atoms with E-state index in [0.29, 0.717) is 13.1 Å². The number of benzene rings is 1. The molecule has 0 unspecified atom stereocenters. The number of anilines is 1. The SMILES string of the molecule is CC(C)(C)NC(=O)N1CCN(c2ccccc2Cl)CC1. The first-order chi connectivity index (χ1) is 9.37. The van der Waals surface area contributed by atoms with E-state index in [9.17, 15) is 4.79 Å². The highest BCUT2D eigenvalue weighted by Crippen LogP contribution is 2.26. The van der Waals surface area contributed by atoms with Crippen LogP contribution in [0.3, 0.4) is 0 Å². The number of halogens is 1. The number of carbonyl (C=O) groups excluding carboxylic acids is 1. The van der Waals surface area contributed by atoms with Crippen LogP contribution in [0.1, 0.15) is 20.8 Å². The average molecular weight is 296 g/mol. The lowest BCUT2D eigenvalue weighted by atomic mass is 10.1. The molecule has 110 valence electrons. The predicted octanol–water partition coefficient (Wildman–Crippen LogP) is 2.97. The Morgan fingerprint density at radius 3 is 2.30 bits per heavy atom. The molecule has 0 radical (unpaired) electrons. The molecule has 20 heavy (non-hydrogen) atoms. The van der Waals surface area contributed by atoms with Crippen molar-refractivity contribution in [1.82, 2.24) is 10.2 Å². The summed E-state index contributed by atoms with van der Waals surface area (Å²) >= 11 is 6.21. The maximum absolute atomic E-state index is 12.1. The molecule has 0 aliphatic carbocycles. The summed E-state index contributed by atoms with van der Waals surface area (Å²) in [7, 11) is 0. The first-order valence-corrected chi connectivity index (χ1v) is 7.31. The largest absolute Gasteiger partial charge is 0.367 e. The van der Waals surface area contributed by atoms with Crippen LogP contribution in [-0.2, 0) is 0 Å². The van der Waals surface area contributed by atoms with Gasteiger partial charge in [-0.3, -0.25) is 0 Å². The van der Waals surface area contributed by atoms with Crippen LogP contribution in [0.15, 0.2) is 24.3 Å². The smallest absolute Gasteiger partial charge is 0.317 e. The minimum atomic E-state index is -0.197. The Kier molecular flexibility index (Phi) is 4.43. The van der Waals surface area contributed by atoms with Crippen LogP contribution in [0.25, 0.3) is 0 Å². The Labute approximate surface area is 125 Å².